The molecule has 1 heterocycles. The second-order valence-electron chi connectivity index (χ2n) is 8.49. The van der Waals surface area contributed by atoms with Crippen LogP contribution in [0.25, 0.3) is 0 Å². The second kappa shape index (κ2) is 12.4. The van der Waals surface area contributed by atoms with Crippen LogP contribution in [-0.2, 0) is 0 Å². The highest BCUT2D eigenvalue weighted by atomic mass is 79.9. The predicted octanol–water partition coefficient (Wildman–Crippen LogP) is 9.07. The summed E-state index contributed by atoms with van der Waals surface area (Å²) in [6.07, 6.45) is 12.0. The molecule has 1 atom stereocenters. The van der Waals surface area contributed by atoms with Crippen molar-refractivity contribution >= 4 is 45.7 Å². The van der Waals surface area contributed by atoms with E-state index >= 15 is 0 Å². The fourth-order valence-corrected chi connectivity index (χ4v) is 12.3. The molecule has 0 aromatic heterocycles. The van der Waals surface area contributed by atoms with E-state index in [2.05, 4.69) is 96.3 Å². The number of hydrogen-bond acceptors (Lipinski definition) is 3. The minimum Gasteiger partial charge on any atom is -0.217 e. The predicted molar refractivity (Wildman–Crippen MR) is 147 cm³/mol. The fourth-order valence-electron chi connectivity index (χ4n) is 4.24. The molecule has 0 spiro atoms. The van der Waals surface area contributed by atoms with E-state index < -0.39 is 7.26 Å². The highest BCUT2D eigenvalue weighted by Gasteiger charge is 2.51. The van der Waals surface area contributed by atoms with Crippen molar-refractivity contribution in [3.05, 3.63) is 64.6 Å². The lowest BCUT2D eigenvalue weighted by atomic mass is 10.2. The van der Waals surface area contributed by atoms with Gasteiger partial charge in [0.05, 0.1) is 31.4 Å². The minimum atomic E-state index is -1.22. The average molecular weight is 521 g/mol. The molecule has 2 nitrogen and oxygen atoms in total. The molecule has 3 rings (SSSR count). The van der Waals surface area contributed by atoms with Gasteiger partial charge >= 0.3 is 0 Å². The lowest BCUT2D eigenvalue weighted by Gasteiger charge is -2.36. The van der Waals surface area contributed by atoms with Gasteiger partial charge in [-0.05, 0) is 55.3 Å². The summed E-state index contributed by atoms with van der Waals surface area (Å²) in [4.78, 5) is 0. The molecular formula is C26H37BrN2PS+. The summed E-state index contributed by atoms with van der Waals surface area (Å²) in [5.41, 5.74) is 2.47. The second-order valence-corrected chi connectivity index (χ2v) is 15.1. The quantitative estimate of drug-likeness (QED) is 0.260. The molecule has 2 aromatic rings. The van der Waals surface area contributed by atoms with Crippen molar-refractivity contribution in [1.82, 2.24) is 0 Å². The van der Waals surface area contributed by atoms with E-state index in [9.17, 15) is 0 Å². The Morgan fingerprint density at radius 1 is 0.839 bits per heavy atom. The van der Waals surface area contributed by atoms with E-state index in [0.29, 0.717) is 5.11 Å². The Labute approximate surface area is 202 Å². The van der Waals surface area contributed by atoms with Crippen molar-refractivity contribution in [2.45, 2.75) is 64.4 Å². The van der Waals surface area contributed by atoms with E-state index in [1.54, 1.807) is 0 Å². The van der Waals surface area contributed by atoms with Gasteiger partial charge in [-0.25, -0.2) is 5.01 Å². The highest BCUT2D eigenvalue weighted by molar-refractivity contribution is 9.10. The van der Waals surface area contributed by atoms with Gasteiger partial charge < -0.3 is 0 Å². The van der Waals surface area contributed by atoms with Crippen molar-refractivity contribution in [1.29, 1.82) is 0 Å². The van der Waals surface area contributed by atoms with Crippen LogP contribution in [0.15, 0.2) is 64.2 Å². The lowest BCUT2D eigenvalue weighted by Crippen LogP contribution is -2.31. The van der Waals surface area contributed by atoms with Crippen LogP contribution in [0.3, 0.4) is 0 Å². The molecule has 0 aliphatic carbocycles. The van der Waals surface area contributed by atoms with Crippen LogP contribution in [0, 0.1) is 0 Å². The van der Waals surface area contributed by atoms with Gasteiger partial charge in [-0.15, -0.1) is 0 Å². The topological polar surface area (TPSA) is 15.6 Å². The monoisotopic (exact) mass is 519 g/mol. The third-order valence-electron chi connectivity index (χ3n) is 6.08. The molecule has 0 saturated heterocycles. The summed E-state index contributed by atoms with van der Waals surface area (Å²) in [7, 11) is -1.22. The number of hydrogen-bond donors (Lipinski definition) is 0. The van der Waals surface area contributed by atoms with Crippen LogP contribution in [0.5, 0.6) is 0 Å². The summed E-state index contributed by atoms with van der Waals surface area (Å²) >= 11 is 5.65. The Morgan fingerprint density at radius 2 is 1.39 bits per heavy atom. The van der Waals surface area contributed by atoms with Crippen molar-refractivity contribution in [3.63, 3.8) is 0 Å². The Hall–Kier alpha value is -0.830. The van der Waals surface area contributed by atoms with E-state index in [4.69, 9.17) is 5.10 Å². The number of halogens is 1. The maximum Gasteiger partial charge on any atom is 0.212 e. The Bertz CT molecular complexity index is 803. The molecular weight excluding hydrogens is 483 g/mol. The van der Waals surface area contributed by atoms with E-state index in [1.807, 2.05) is 11.8 Å². The van der Waals surface area contributed by atoms with Gasteiger partial charge in [0.25, 0.3) is 0 Å². The number of unbranched alkanes of at least 4 members (excludes halogenated alkanes) is 3. The van der Waals surface area contributed by atoms with Gasteiger partial charge in [-0.1, -0.05) is 86.3 Å². The zero-order valence-corrected chi connectivity index (χ0v) is 22.6. The molecule has 1 unspecified atom stereocenters. The Balaban J connectivity index is 2.03. The van der Waals surface area contributed by atoms with Gasteiger partial charge in [0.2, 0.25) is 5.11 Å². The number of nitrogens with zero attached hydrogens (tertiary/aromatic N) is 2. The molecule has 0 radical (unpaired) electrons. The first-order valence-electron chi connectivity index (χ1n) is 11.8. The number of rotatable bonds is 12. The molecule has 0 amide bonds. The van der Waals surface area contributed by atoms with E-state index in [0.717, 1.165) is 4.47 Å². The van der Waals surface area contributed by atoms with Gasteiger partial charge in [0.1, 0.15) is 5.04 Å². The van der Waals surface area contributed by atoms with Crippen LogP contribution in [0.4, 0.5) is 5.69 Å². The molecule has 168 valence electrons. The van der Waals surface area contributed by atoms with Gasteiger partial charge in [0.15, 0.2) is 0 Å². The van der Waals surface area contributed by atoms with E-state index in [-0.39, 0.29) is 0 Å². The Morgan fingerprint density at radius 3 is 1.90 bits per heavy atom. The largest absolute Gasteiger partial charge is 0.217 e. The number of benzene rings is 2. The van der Waals surface area contributed by atoms with Gasteiger partial charge in [-0.2, -0.15) is 5.10 Å². The summed E-state index contributed by atoms with van der Waals surface area (Å²) in [6, 6.07) is 19.5. The summed E-state index contributed by atoms with van der Waals surface area (Å²) in [5, 5.41) is 9.29. The summed E-state index contributed by atoms with van der Waals surface area (Å²) in [6.45, 7) is 7.03. The van der Waals surface area contributed by atoms with Gasteiger partial charge in [0, 0.05) is 10.0 Å². The molecule has 0 saturated carbocycles. The van der Waals surface area contributed by atoms with Crippen LogP contribution < -0.4 is 5.01 Å². The normalized spacial score (nSPS) is 16.6. The zero-order valence-electron chi connectivity index (χ0n) is 19.3. The molecule has 0 bridgehead atoms. The molecule has 2 aromatic carbocycles. The molecule has 1 aliphatic heterocycles. The first-order chi connectivity index (χ1) is 15.1. The molecule has 0 N–H and O–H groups in total. The maximum atomic E-state index is 5.26. The van der Waals surface area contributed by atoms with Crippen molar-refractivity contribution < 1.29 is 0 Å². The van der Waals surface area contributed by atoms with Crippen LogP contribution in [0.2, 0.25) is 0 Å². The van der Waals surface area contributed by atoms with Crippen molar-refractivity contribution in [3.8, 4) is 0 Å². The third kappa shape index (κ3) is 6.36. The van der Waals surface area contributed by atoms with Crippen LogP contribution in [0.1, 0.15) is 64.9 Å². The first kappa shape index (κ1) is 24.8. The zero-order chi connectivity index (χ0) is 22.1. The first-order valence-corrected chi connectivity index (χ1v) is 15.9. The molecule has 5 heteroatoms. The smallest absolute Gasteiger partial charge is 0.212 e. The van der Waals surface area contributed by atoms with E-state index in [1.165, 1.54) is 73.3 Å². The summed E-state index contributed by atoms with van der Waals surface area (Å²) in [5.74, 6) is 0. The number of hydrazone groups is 1. The van der Waals surface area contributed by atoms with Crippen molar-refractivity contribution in [2.24, 2.45) is 5.10 Å². The minimum absolute atomic E-state index is 0.452. The molecule has 1 aliphatic rings. The average Bonchev–Trinajstić information content (AvgIpc) is 3.26. The lowest BCUT2D eigenvalue weighted by molar-refractivity contribution is 0.819. The molecule has 0 fully saturated rings. The third-order valence-corrected chi connectivity index (χ3v) is 14.0. The number of thioether (sulfide) groups is 1. The summed E-state index contributed by atoms with van der Waals surface area (Å²) < 4.78 is 1.12. The standard InChI is InChI=1S/C26H37BrN2PS/c1-4-7-19-30(20-8-5-2,21-9-6-3)26-29(24-17-15-23(27)16-18-24)28-25(31-26)22-13-11-10-12-14-22/h10-18,26H,4-9,19-21H2,1-3H3/q+1. The SMILES string of the molecule is CCCC[P+](CCCC)(CCCC)C1SC(c2ccccc2)=NN1c1ccc(Br)cc1. The van der Waals surface area contributed by atoms with Gasteiger partial charge in [-0.3, -0.25) is 0 Å². The molecule has 31 heavy (non-hydrogen) atoms. The Kier molecular flexibility index (Phi) is 9.94. The fraction of sp³-hybridized carbons (Fsp3) is 0.500. The van der Waals surface area contributed by atoms with Crippen molar-refractivity contribution in [2.75, 3.05) is 23.5 Å². The van der Waals surface area contributed by atoms with Crippen LogP contribution >= 0.6 is 35.0 Å². The van der Waals surface area contributed by atoms with Crippen LogP contribution in [-0.4, -0.2) is 28.6 Å². The maximum absolute atomic E-state index is 5.26. The number of anilines is 1. The highest BCUT2D eigenvalue weighted by Crippen LogP contribution is 2.70.